The quantitative estimate of drug-likeness (QED) is 0.802. The van der Waals surface area contributed by atoms with Gasteiger partial charge in [-0.15, -0.1) is 0 Å². The van der Waals surface area contributed by atoms with Crippen LogP contribution in [0.5, 0.6) is 0 Å². The standard InChI is InChI=1S/C7H7F3N2O2S/c8-7(9,10)6(12-15(13)14)5-3-1-2-4-11-5/h1-4,6,12H,(H,13,14)/p-1. The molecule has 0 saturated heterocycles. The van der Waals surface area contributed by atoms with E-state index in [9.17, 15) is 21.9 Å². The van der Waals surface area contributed by atoms with E-state index in [1.54, 1.807) is 0 Å². The number of nitrogens with one attached hydrogen (secondary N) is 1. The van der Waals surface area contributed by atoms with Gasteiger partial charge in [0.2, 0.25) is 0 Å². The molecule has 2 unspecified atom stereocenters. The summed E-state index contributed by atoms with van der Waals surface area (Å²) in [6, 6.07) is 1.57. The Morgan fingerprint density at radius 1 is 1.47 bits per heavy atom. The van der Waals surface area contributed by atoms with Crippen LogP contribution in [0.1, 0.15) is 11.7 Å². The monoisotopic (exact) mass is 239 g/mol. The number of nitrogens with zero attached hydrogens (tertiary/aromatic N) is 1. The number of aromatic nitrogens is 1. The van der Waals surface area contributed by atoms with Gasteiger partial charge >= 0.3 is 6.18 Å². The van der Waals surface area contributed by atoms with E-state index in [2.05, 4.69) is 4.98 Å². The Hall–Kier alpha value is -0.990. The van der Waals surface area contributed by atoms with Crippen LogP contribution in [0.15, 0.2) is 24.4 Å². The number of pyridine rings is 1. The van der Waals surface area contributed by atoms with Crippen LogP contribution in [0.3, 0.4) is 0 Å². The molecule has 84 valence electrons. The number of hydrogen-bond donors (Lipinski definition) is 1. The van der Waals surface area contributed by atoms with Crippen molar-refractivity contribution in [3.05, 3.63) is 30.1 Å². The molecule has 0 bridgehead atoms. The predicted molar refractivity (Wildman–Crippen MR) is 45.1 cm³/mol. The first kappa shape index (κ1) is 12.1. The molecule has 1 rings (SSSR count). The van der Waals surface area contributed by atoms with Crippen molar-refractivity contribution in [2.24, 2.45) is 0 Å². The minimum absolute atomic E-state index is 0.394. The zero-order valence-corrected chi connectivity index (χ0v) is 8.01. The van der Waals surface area contributed by atoms with Gasteiger partial charge in [0.1, 0.15) is 0 Å². The number of alkyl halides is 3. The lowest BCUT2D eigenvalue weighted by Crippen LogP contribution is -2.35. The first-order valence-electron chi connectivity index (χ1n) is 3.74. The highest BCUT2D eigenvalue weighted by atomic mass is 32.2. The van der Waals surface area contributed by atoms with Crippen molar-refractivity contribution in [1.29, 1.82) is 0 Å². The normalized spacial score (nSPS) is 16.0. The van der Waals surface area contributed by atoms with Crippen molar-refractivity contribution in [2.45, 2.75) is 12.2 Å². The first-order chi connectivity index (χ1) is 6.91. The summed E-state index contributed by atoms with van der Waals surface area (Å²) in [5, 5.41) is 0. The molecular weight excluding hydrogens is 233 g/mol. The molecule has 0 fully saturated rings. The zero-order chi connectivity index (χ0) is 11.5. The van der Waals surface area contributed by atoms with E-state index in [-0.39, 0.29) is 0 Å². The lowest BCUT2D eigenvalue weighted by Gasteiger charge is -2.21. The van der Waals surface area contributed by atoms with E-state index < -0.39 is 29.2 Å². The maximum Gasteiger partial charge on any atom is 0.410 e. The molecule has 0 amide bonds. The maximum atomic E-state index is 12.4. The third-order valence-electron chi connectivity index (χ3n) is 1.52. The predicted octanol–water partition coefficient (Wildman–Crippen LogP) is 1.07. The molecule has 0 spiro atoms. The second kappa shape index (κ2) is 4.69. The highest BCUT2D eigenvalue weighted by Gasteiger charge is 2.41. The van der Waals surface area contributed by atoms with Gasteiger partial charge in [-0.1, -0.05) is 6.07 Å². The molecule has 1 N–H and O–H groups in total. The summed E-state index contributed by atoms with van der Waals surface area (Å²) in [5.41, 5.74) is -0.394. The summed E-state index contributed by atoms with van der Waals surface area (Å²) >= 11 is -3.00. The second-order valence-corrected chi connectivity index (χ2v) is 3.29. The van der Waals surface area contributed by atoms with E-state index in [0.717, 1.165) is 12.3 Å². The van der Waals surface area contributed by atoms with Gasteiger partial charge in [0.05, 0.1) is 5.69 Å². The Balaban J connectivity index is 2.97. The molecule has 8 heteroatoms. The van der Waals surface area contributed by atoms with Crippen LogP contribution < -0.4 is 4.72 Å². The fourth-order valence-electron chi connectivity index (χ4n) is 0.938. The molecule has 0 radical (unpaired) electrons. The SMILES string of the molecule is O=S([O-])NC(c1ccccn1)C(F)(F)F. The molecular formula is C7H6F3N2O2S-. The second-order valence-electron chi connectivity index (χ2n) is 2.58. The Labute approximate surface area is 85.9 Å². The summed E-state index contributed by atoms with van der Waals surface area (Å²) in [6.07, 6.45) is -3.56. The van der Waals surface area contributed by atoms with Crippen molar-refractivity contribution in [1.82, 2.24) is 9.71 Å². The number of hydrogen-bond acceptors (Lipinski definition) is 3. The molecule has 1 heterocycles. The van der Waals surface area contributed by atoms with Crippen LogP contribution in [0.25, 0.3) is 0 Å². The van der Waals surface area contributed by atoms with Gasteiger partial charge in [-0.05, 0) is 12.1 Å². The van der Waals surface area contributed by atoms with Crippen molar-refractivity contribution >= 4 is 11.3 Å². The van der Waals surface area contributed by atoms with Crippen LogP contribution in [0.2, 0.25) is 0 Å². The van der Waals surface area contributed by atoms with E-state index in [1.165, 1.54) is 16.9 Å². The molecule has 1 aromatic rings. The largest absolute Gasteiger partial charge is 0.760 e. The third-order valence-corrected chi connectivity index (χ3v) is 1.95. The van der Waals surface area contributed by atoms with Crippen LogP contribution in [-0.2, 0) is 11.3 Å². The summed E-state index contributed by atoms with van der Waals surface area (Å²) in [6.45, 7) is 0. The first-order valence-corrected chi connectivity index (χ1v) is 4.82. The van der Waals surface area contributed by atoms with Gasteiger partial charge in [-0.25, -0.2) is 4.72 Å². The molecule has 1 aromatic heterocycles. The molecule has 0 aliphatic heterocycles. The van der Waals surface area contributed by atoms with Crippen LogP contribution >= 0.6 is 0 Å². The zero-order valence-electron chi connectivity index (χ0n) is 7.19. The molecule has 0 aliphatic carbocycles. The lowest BCUT2D eigenvalue weighted by atomic mass is 10.2. The topological polar surface area (TPSA) is 65.0 Å². The van der Waals surface area contributed by atoms with E-state index in [1.807, 2.05) is 0 Å². The van der Waals surface area contributed by atoms with Gasteiger partial charge in [0, 0.05) is 17.5 Å². The van der Waals surface area contributed by atoms with Crippen LogP contribution in [0, 0.1) is 0 Å². The molecule has 0 aliphatic rings. The minimum Gasteiger partial charge on any atom is -0.760 e. The maximum absolute atomic E-state index is 12.4. The van der Waals surface area contributed by atoms with Crippen molar-refractivity contribution < 1.29 is 21.9 Å². The van der Waals surface area contributed by atoms with Gasteiger partial charge < -0.3 is 4.55 Å². The van der Waals surface area contributed by atoms with Gasteiger partial charge in [0.25, 0.3) is 0 Å². The van der Waals surface area contributed by atoms with Crippen LogP contribution in [-0.4, -0.2) is 19.9 Å². The highest BCUT2D eigenvalue weighted by molar-refractivity contribution is 7.77. The third kappa shape index (κ3) is 3.57. The van der Waals surface area contributed by atoms with E-state index >= 15 is 0 Å². The Bertz CT molecular complexity index is 344. The van der Waals surface area contributed by atoms with E-state index in [0.29, 0.717) is 0 Å². The average Bonchev–Trinajstić information content (AvgIpc) is 2.14. The molecule has 0 aromatic carbocycles. The minimum atomic E-state index is -4.71. The van der Waals surface area contributed by atoms with Gasteiger partial charge in [0.15, 0.2) is 6.04 Å². The fourth-order valence-corrected chi connectivity index (χ4v) is 1.38. The molecule has 4 nitrogen and oxygen atoms in total. The highest BCUT2D eigenvalue weighted by Crippen LogP contribution is 2.31. The Morgan fingerprint density at radius 2 is 2.13 bits per heavy atom. The van der Waals surface area contributed by atoms with Gasteiger partial charge in [-0.2, -0.15) is 13.2 Å². The summed E-state index contributed by atoms with van der Waals surface area (Å²) in [4.78, 5) is 3.44. The molecule has 2 atom stereocenters. The van der Waals surface area contributed by atoms with E-state index in [4.69, 9.17) is 0 Å². The molecule has 15 heavy (non-hydrogen) atoms. The number of rotatable bonds is 3. The Morgan fingerprint density at radius 3 is 2.53 bits per heavy atom. The summed E-state index contributed by atoms with van der Waals surface area (Å²) in [5.74, 6) is 0. The number of halogens is 3. The molecule has 0 saturated carbocycles. The summed E-state index contributed by atoms with van der Waals surface area (Å²) < 4.78 is 58.9. The Kier molecular flexibility index (Phi) is 3.77. The summed E-state index contributed by atoms with van der Waals surface area (Å²) in [7, 11) is 0. The van der Waals surface area contributed by atoms with Gasteiger partial charge in [-0.3, -0.25) is 9.19 Å². The lowest BCUT2D eigenvalue weighted by molar-refractivity contribution is -0.153. The fraction of sp³-hybridized carbons (Fsp3) is 0.286. The van der Waals surface area contributed by atoms with Crippen molar-refractivity contribution in [3.63, 3.8) is 0 Å². The smallest absolute Gasteiger partial charge is 0.410 e. The van der Waals surface area contributed by atoms with Crippen molar-refractivity contribution in [2.75, 3.05) is 0 Å². The van der Waals surface area contributed by atoms with Crippen molar-refractivity contribution in [3.8, 4) is 0 Å². The van der Waals surface area contributed by atoms with Crippen LogP contribution in [0.4, 0.5) is 13.2 Å². The average molecular weight is 239 g/mol.